The Balaban J connectivity index is 1.31. The number of anilines is 1. The fourth-order valence-corrected chi connectivity index (χ4v) is 6.56. The molecule has 2 N–H and O–H groups in total. The predicted molar refractivity (Wildman–Crippen MR) is 172 cm³/mol. The molecule has 1 aliphatic carbocycles. The molecule has 2 aromatic carbocycles. The van der Waals surface area contributed by atoms with E-state index in [1.54, 1.807) is 19.3 Å². The highest BCUT2D eigenvalue weighted by Gasteiger charge is 2.36. The van der Waals surface area contributed by atoms with E-state index in [0.717, 1.165) is 53.6 Å². The Morgan fingerprint density at radius 1 is 1.07 bits per heavy atom. The third-order valence-electron chi connectivity index (χ3n) is 8.24. The van der Waals surface area contributed by atoms with Crippen molar-refractivity contribution in [2.24, 2.45) is 7.05 Å². The van der Waals surface area contributed by atoms with Gasteiger partial charge in [0, 0.05) is 50.8 Å². The van der Waals surface area contributed by atoms with Crippen molar-refractivity contribution in [3.63, 3.8) is 0 Å². The standard InChI is InChI=1S/C33H42N6O3Si/c1-22-30(23(2)39(37-22)21-42-19-20-43(4,5)6)25-11-14-26(15-12-25)35-33(41)31(36-32(40)29-17-18-34-38(29)3)28-16-13-24-9-7-8-10-27(24)28/h7-12,14-15,17-18,28,31H,13,16,19-21H2,1-6H3,(H,35,41)(H,36,40)/t28-,31-/m0/s1. The van der Waals surface area contributed by atoms with Crippen LogP contribution in [0.25, 0.3) is 11.1 Å². The van der Waals surface area contributed by atoms with Crippen LogP contribution < -0.4 is 10.6 Å². The highest BCUT2D eigenvalue weighted by Crippen LogP contribution is 2.36. The van der Waals surface area contributed by atoms with Gasteiger partial charge in [-0.25, -0.2) is 4.68 Å². The lowest BCUT2D eigenvalue weighted by Gasteiger charge is -2.25. The van der Waals surface area contributed by atoms with Crippen LogP contribution in [-0.4, -0.2) is 52.1 Å². The molecule has 2 aromatic heterocycles. The highest BCUT2D eigenvalue weighted by molar-refractivity contribution is 6.76. The summed E-state index contributed by atoms with van der Waals surface area (Å²) in [5, 5.41) is 14.9. The minimum absolute atomic E-state index is 0.128. The fourth-order valence-electron chi connectivity index (χ4n) is 5.81. The normalized spacial score (nSPS) is 15.3. The Hall–Kier alpha value is -4.02. The van der Waals surface area contributed by atoms with E-state index in [4.69, 9.17) is 9.84 Å². The van der Waals surface area contributed by atoms with Crippen LogP contribution in [0.15, 0.2) is 60.8 Å². The third-order valence-corrected chi connectivity index (χ3v) is 9.94. The van der Waals surface area contributed by atoms with Crippen molar-refractivity contribution in [3.05, 3.63) is 89.0 Å². The summed E-state index contributed by atoms with van der Waals surface area (Å²) in [5.41, 5.74) is 7.45. The quantitative estimate of drug-likeness (QED) is 0.171. The molecular formula is C33H42N6O3Si. The van der Waals surface area contributed by atoms with E-state index in [1.807, 2.05) is 48.0 Å². The monoisotopic (exact) mass is 598 g/mol. The molecule has 2 amide bonds. The summed E-state index contributed by atoms with van der Waals surface area (Å²) in [6.45, 7) is 12.3. The number of aryl methyl sites for hydroxylation is 3. The molecule has 9 nitrogen and oxygen atoms in total. The number of benzene rings is 2. The van der Waals surface area contributed by atoms with E-state index in [9.17, 15) is 9.59 Å². The number of ether oxygens (including phenoxy) is 1. The first-order chi connectivity index (χ1) is 20.5. The second kappa shape index (κ2) is 12.7. The molecule has 1 aliphatic rings. The van der Waals surface area contributed by atoms with Gasteiger partial charge in [-0.05, 0) is 67.6 Å². The Labute approximate surface area is 254 Å². The van der Waals surface area contributed by atoms with Crippen LogP contribution in [0.2, 0.25) is 25.7 Å². The van der Waals surface area contributed by atoms with E-state index < -0.39 is 14.1 Å². The van der Waals surface area contributed by atoms with Crippen LogP contribution in [-0.2, 0) is 29.7 Å². The van der Waals surface area contributed by atoms with E-state index >= 15 is 0 Å². The topological polar surface area (TPSA) is 103 Å². The summed E-state index contributed by atoms with van der Waals surface area (Å²) in [6.07, 6.45) is 3.23. The summed E-state index contributed by atoms with van der Waals surface area (Å²) in [6, 6.07) is 18.0. The molecule has 0 bridgehead atoms. The van der Waals surface area contributed by atoms with E-state index in [0.29, 0.717) is 18.1 Å². The van der Waals surface area contributed by atoms with Crippen molar-refractivity contribution in [2.75, 3.05) is 11.9 Å². The van der Waals surface area contributed by atoms with Crippen molar-refractivity contribution >= 4 is 25.6 Å². The lowest BCUT2D eigenvalue weighted by atomic mass is 9.92. The van der Waals surface area contributed by atoms with Gasteiger partial charge < -0.3 is 15.4 Å². The second-order valence-corrected chi connectivity index (χ2v) is 18.2. The van der Waals surface area contributed by atoms with Crippen LogP contribution in [0.3, 0.4) is 0 Å². The van der Waals surface area contributed by atoms with Gasteiger partial charge in [0.05, 0.1) is 5.69 Å². The molecule has 10 heteroatoms. The molecule has 0 radical (unpaired) electrons. The van der Waals surface area contributed by atoms with Crippen LogP contribution in [0.1, 0.15) is 45.3 Å². The molecule has 2 atom stereocenters. The molecular weight excluding hydrogens is 556 g/mol. The minimum Gasteiger partial charge on any atom is -0.360 e. The number of rotatable bonds is 11. The number of carbonyl (C=O) groups excluding carboxylic acids is 2. The number of carbonyl (C=O) groups is 2. The largest absolute Gasteiger partial charge is 0.360 e. The first-order valence-electron chi connectivity index (χ1n) is 14.9. The summed E-state index contributed by atoms with van der Waals surface area (Å²) in [4.78, 5) is 27.0. The zero-order chi connectivity index (χ0) is 30.7. The van der Waals surface area contributed by atoms with Crippen LogP contribution in [0.4, 0.5) is 5.69 Å². The van der Waals surface area contributed by atoms with Crippen molar-refractivity contribution in [2.45, 2.75) is 71.1 Å². The molecule has 0 saturated carbocycles. The number of nitrogens with one attached hydrogen (secondary N) is 2. The van der Waals surface area contributed by atoms with Gasteiger partial charge in [0.15, 0.2) is 0 Å². The van der Waals surface area contributed by atoms with Gasteiger partial charge >= 0.3 is 0 Å². The summed E-state index contributed by atoms with van der Waals surface area (Å²) >= 11 is 0. The van der Waals surface area contributed by atoms with Gasteiger partial charge in [-0.1, -0.05) is 56.0 Å². The minimum atomic E-state index is -1.15. The second-order valence-electron chi connectivity index (χ2n) is 12.6. The smallest absolute Gasteiger partial charge is 0.270 e. The molecule has 0 saturated heterocycles. The molecule has 43 heavy (non-hydrogen) atoms. The number of fused-ring (bicyclic) bond motifs is 1. The molecule has 226 valence electrons. The summed E-state index contributed by atoms with van der Waals surface area (Å²) in [5.74, 6) is -0.704. The Morgan fingerprint density at radius 3 is 2.51 bits per heavy atom. The molecule has 0 unspecified atom stereocenters. The van der Waals surface area contributed by atoms with Gasteiger partial charge in [0.25, 0.3) is 5.91 Å². The van der Waals surface area contributed by atoms with Gasteiger partial charge in [-0.2, -0.15) is 10.2 Å². The van der Waals surface area contributed by atoms with Crippen molar-refractivity contribution in [1.29, 1.82) is 0 Å². The average molecular weight is 599 g/mol. The SMILES string of the molecule is Cc1nn(COCC[Si](C)(C)C)c(C)c1-c1ccc(NC(=O)[C@@H](NC(=O)c2ccnn2C)[C@H]2CCc3ccccc32)cc1. The lowest BCUT2D eigenvalue weighted by molar-refractivity contribution is -0.118. The molecule has 4 aromatic rings. The number of aromatic nitrogens is 4. The van der Waals surface area contributed by atoms with Crippen molar-refractivity contribution < 1.29 is 14.3 Å². The van der Waals surface area contributed by atoms with Crippen LogP contribution in [0, 0.1) is 13.8 Å². The third kappa shape index (κ3) is 6.97. The zero-order valence-corrected chi connectivity index (χ0v) is 27.0. The van der Waals surface area contributed by atoms with Gasteiger partial charge in [-0.15, -0.1) is 0 Å². The van der Waals surface area contributed by atoms with Crippen LogP contribution >= 0.6 is 0 Å². The summed E-state index contributed by atoms with van der Waals surface area (Å²) in [7, 11) is 0.566. The van der Waals surface area contributed by atoms with Crippen molar-refractivity contribution in [3.8, 4) is 11.1 Å². The predicted octanol–water partition coefficient (Wildman–Crippen LogP) is 5.68. The zero-order valence-electron chi connectivity index (χ0n) is 26.0. The number of hydrogen-bond donors (Lipinski definition) is 2. The highest BCUT2D eigenvalue weighted by atomic mass is 28.3. The fraction of sp³-hybridized carbons (Fsp3) is 0.394. The maximum Gasteiger partial charge on any atom is 0.270 e. The lowest BCUT2D eigenvalue weighted by Crippen LogP contribution is -2.47. The van der Waals surface area contributed by atoms with Gasteiger partial charge in [-0.3, -0.25) is 14.3 Å². The molecule has 0 fully saturated rings. The Bertz CT molecular complexity index is 1600. The Kier molecular flexibility index (Phi) is 8.98. The van der Waals surface area contributed by atoms with E-state index in [1.165, 1.54) is 10.2 Å². The maximum atomic E-state index is 13.8. The molecule has 2 heterocycles. The number of hydrogen-bond acceptors (Lipinski definition) is 5. The molecule has 5 rings (SSSR count). The van der Waals surface area contributed by atoms with Crippen molar-refractivity contribution in [1.82, 2.24) is 24.9 Å². The van der Waals surface area contributed by atoms with Gasteiger partial charge in [0.1, 0.15) is 18.5 Å². The first-order valence-corrected chi connectivity index (χ1v) is 18.6. The molecule has 0 spiro atoms. The van der Waals surface area contributed by atoms with Crippen LogP contribution in [0.5, 0.6) is 0 Å². The summed E-state index contributed by atoms with van der Waals surface area (Å²) < 4.78 is 9.37. The first kappa shape index (κ1) is 30.4. The average Bonchev–Trinajstić information content (AvgIpc) is 3.66. The number of amides is 2. The number of nitrogens with zero attached hydrogens (tertiary/aromatic N) is 4. The molecule has 0 aliphatic heterocycles. The maximum absolute atomic E-state index is 13.8. The Morgan fingerprint density at radius 2 is 1.81 bits per heavy atom. The van der Waals surface area contributed by atoms with E-state index in [-0.39, 0.29) is 17.7 Å². The van der Waals surface area contributed by atoms with E-state index in [2.05, 4.69) is 54.4 Å². The van der Waals surface area contributed by atoms with Gasteiger partial charge in [0.2, 0.25) is 5.91 Å².